The van der Waals surface area contributed by atoms with Crippen molar-refractivity contribution in [2.75, 3.05) is 32.8 Å². The summed E-state index contributed by atoms with van der Waals surface area (Å²) < 4.78 is 5.94. The lowest BCUT2D eigenvalue weighted by Gasteiger charge is -2.24. The molecule has 3 nitrogen and oxygen atoms in total. The van der Waals surface area contributed by atoms with Gasteiger partial charge in [0, 0.05) is 19.1 Å². The molecule has 20 heavy (non-hydrogen) atoms. The van der Waals surface area contributed by atoms with Gasteiger partial charge in [0.05, 0.1) is 0 Å². The van der Waals surface area contributed by atoms with Crippen LogP contribution in [0.15, 0.2) is 18.2 Å². The van der Waals surface area contributed by atoms with Gasteiger partial charge in [-0.1, -0.05) is 6.07 Å². The van der Waals surface area contributed by atoms with Crippen LogP contribution in [0.4, 0.5) is 0 Å². The summed E-state index contributed by atoms with van der Waals surface area (Å²) in [6.07, 6.45) is 0. The monoisotopic (exact) mass is 274 g/mol. The highest BCUT2D eigenvalue weighted by atomic mass is 16.5. The molecular formula is C17H26N2O. The lowest BCUT2D eigenvalue weighted by molar-refractivity contribution is 0.189. The van der Waals surface area contributed by atoms with Gasteiger partial charge < -0.3 is 10.1 Å². The maximum atomic E-state index is 5.94. The molecule has 2 aliphatic rings. The first-order valence-corrected chi connectivity index (χ1v) is 7.79. The van der Waals surface area contributed by atoms with Crippen molar-refractivity contribution >= 4 is 0 Å². The van der Waals surface area contributed by atoms with E-state index in [0.29, 0.717) is 6.04 Å². The minimum Gasteiger partial charge on any atom is -0.492 e. The van der Waals surface area contributed by atoms with Gasteiger partial charge in [0.1, 0.15) is 12.4 Å². The van der Waals surface area contributed by atoms with E-state index in [1.165, 1.54) is 30.8 Å². The zero-order valence-electron chi connectivity index (χ0n) is 12.9. The standard InChI is InChI=1S/C17H26N2O/c1-12-6-13(2)8-16(7-12)20-5-4-19-11-15-9-18-10-17(15)14(19)3/h6-8,14-15,17-18H,4-5,9-11H2,1-3H3. The minimum atomic E-state index is 0.692. The number of hydrogen-bond acceptors (Lipinski definition) is 3. The van der Waals surface area contributed by atoms with Crippen LogP contribution in [0.3, 0.4) is 0 Å². The second-order valence-corrected chi connectivity index (χ2v) is 6.49. The molecule has 3 heteroatoms. The molecule has 0 bridgehead atoms. The average Bonchev–Trinajstić information content (AvgIpc) is 2.93. The topological polar surface area (TPSA) is 24.5 Å². The second-order valence-electron chi connectivity index (χ2n) is 6.49. The van der Waals surface area contributed by atoms with Crippen molar-refractivity contribution in [2.45, 2.75) is 26.8 Å². The number of hydrogen-bond donors (Lipinski definition) is 1. The van der Waals surface area contributed by atoms with Gasteiger partial charge >= 0.3 is 0 Å². The Labute approximate surface area is 122 Å². The van der Waals surface area contributed by atoms with Gasteiger partial charge in [-0.05, 0) is 69.0 Å². The SMILES string of the molecule is Cc1cc(C)cc(OCCN2CC3CNCC3C2C)c1. The number of rotatable bonds is 4. The van der Waals surface area contributed by atoms with Gasteiger partial charge in [0.2, 0.25) is 0 Å². The third kappa shape index (κ3) is 2.84. The van der Waals surface area contributed by atoms with Crippen molar-refractivity contribution in [1.82, 2.24) is 10.2 Å². The van der Waals surface area contributed by atoms with E-state index in [1.54, 1.807) is 0 Å². The first-order valence-electron chi connectivity index (χ1n) is 7.79. The van der Waals surface area contributed by atoms with E-state index in [9.17, 15) is 0 Å². The lowest BCUT2D eigenvalue weighted by Crippen LogP contribution is -2.36. The summed E-state index contributed by atoms with van der Waals surface area (Å²) in [6, 6.07) is 7.12. The summed E-state index contributed by atoms with van der Waals surface area (Å²) >= 11 is 0. The van der Waals surface area contributed by atoms with Crippen LogP contribution >= 0.6 is 0 Å². The van der Waals surface area contributed by atoms with Crippen LogP contribution in [0.5, 0.6) is 5.75 Å². The molecule has 1 aromatic rings. The molecule has 0 saturated carbocycles. The first-order chi connectivity index (χ1) is 9.63. The van der Waals surface area contributed by atoms with Crippen molar-refractivity contribution in [2.24, 2.45) is 11.8 Å². The maximum Gasteiger partial charge on any atom is 0.119 e. The largest absolute Gasteiger partial charge is 0.492 e. The predicted molar refractivity (Wildman–Crippen MR) is 82.3 cm³/mol. The molecule has 0 spiro atoms. The molecule has 0 aromatic heterocycles. The number of nitrogens with zero attached hydrogens (tertiary/aromatic N) is 1. The van der Waals surface area contributed by atoms with Gasteiger partial charge in [-0.25, -0.2) is 0 Å². The molecular weight excluding hydrogens is 248 g/mol. The number of benzene rings is 1. The van der Waals surface area contributed by atoms with E-state index < -0.39 is 0 Å². The van der Waals surface area contributed by atoms with Crippen molar-refractivity contribution in [1.29, 1.82) is 0 Å². The fourth-order valence-electron chi connectivity index (χ4n) is 3.85. The highest BCUT2D eigenvalue weighted by Gasteiger charge is 2.41. The van der Waals surface area contributed by atoms with Gasteiger partial charge in [0.15, 0.2) is 0 Å². The van der Waals surface area contributed by atoms with Gasteiger partial charge in [-0.3, -0.25) is 4.90 Å². The number of aryl methyl sites for hydroxylation is 2. The number of nitrogens with one attached hydrogen (secondary N) is 1. The molecule has 2 fully saturated rings. The van der Waals surface area contributed by atoms with Crippen LogP contribution in [0.1, 0.15) is 18.1 Å². The average molecular weight is 274 g/mol. The Morgan fingerprint density at radius 3 is 2.65 bits per heavy atom. The molecule has 2 aliphatic heterocycles. The number of ether oxygens (including phenoxy) is 1. The summed E-state index contributed by atoms with van der Waals surface area (Å²) in [5, 5.41) is 3.51. The van der Waals surface area contributed by atoms with E-state index in [2.05, 4.69) is 49.2 Å². The maximum absolute atomic E-state index is 5.94. The van der Waals surface area contributed by atoms with Crippen LogP contribution in [0.25, 0.3) is 0 Å². The van der Waals surface area contributed by atoms with Crippen LogP contribution in [-0.4, -0.2) is 43.7 Å². The molecule has 3 unspecified atom stereocenters. The Bertz CT molecular complexity index is 454. The number of likely N-dealkylation sites (tertiary alicyclic amines) is 1. The van der Waals surface area contributed by atoms with Crippen molar-refractivity contribution < 1.29 is 4.74 Å². The van der Waals surface area contributed by atoms with E-state index in [0.717, 1.165) is 30.7 Å². The summed E-state index contributed by atoms with van der Waals surface area (Å²) in [4.78, 5) is 2.60. The zero-order chi connectivity index (χ0) is 14.1. The molecule has 0 amide bonds. The molecule has 1 aromatic carbocycles. The predicted octanol–water partition coefficient (Wildman–Crippen LogP) is 2.22. The normalized spacial score (nSPS) is 29.6. The summed E-state index contributed by atoms with van der Waals surface area (Å²) in [6.45, 7) is 12.1. The van der Waals surface area contributed by atoms with Gasteiger partial charge in [-0.15, -0.1) is 0 Å². The molecule has 3 rings (SSSR count). The minimum absolute atomic E-state index is 0.692. The molecule has 2 saturated heterocycles. The van der Waals surface area contributed by atoms with E-state index >= 15 is 0 Å². The van der Waals surface area contributed by atoms with Crippen molar-refractivity contribution in [3.05, 3.63) is 29.3 Å². The van der Waals surface area contributed by atoms with Crippen LogP contribution in [-0.2, 0) is 0 Å². The van der Waals surface area contributed by atoms with Crippen LogP contribution in [0, 0.1) is 25.7 Å². The Morgan fingerprint density at radius 1 is 1.20 bits per heavy atom. The lowest BCUT2D eigenvalue weighted by atomic mass is 9.95. The molecule has 110 valence electrons. The highest BCUT2D eigenvalue weighted by molar-refractivity contribution is 5.32. The fourth-order valence-corrected chi connectivity index (χ4v) is 3.85. The van der Waals surface area contributed by atoms with E-state index in [-0.39, 0.29) is 0 Å². The molecule has 3 atom stereocenters. The van der Waals surface area contributed by atoms with E-state index in [1.807, 2.05) is 0 Å². The third-order valence-corrected chi connectivity index (χ3v) is 4.90. The van der Waals surface area contributed by atoms with E-state index in [4.69, 9.17) is 4.74 Å². The Balaban J connectivity index is 1.50. The van der Waals surface area contributed by atoms with Crippen molar-refractivity contribution in [3.63, 3.8) is 0 Å². The van der Waals surface area contributed by atoms with Gasteiger partial charge in [-0.2, -0.15) is 0 Å². The number of fused-ring (bicyclic) bond motifs is 1. The summed E-state index contributed by atoms with van der Waals surface area (Å²) in [5.74, 6) is 2.71. The smallest absolute Gasteiger partial charge is 0.119 e. The quantitative estimate of drug-likeness (QED) is 0.911. The Hall–Kier alpha value is -1.06. The summed E-state index contributed by atoms with van der Waals surface area (Å²) in [7, 11) is 0. The van der Waals surface area contributed by atoms with Crippen LogP contribution < -0.4 is 10.1 Å². The zero-order valence-corrected chi connectivity index (χ0v) is 12.9. The molecule has 0 aliphatic carbocycles. The van der Waals surface area contributed by atoms with Gasteiger partial charge in [0.25, 0.3) is 0 Å². The first kappa shape index (κ1) is 13.9. The second kappa shape index (κ2) is 5.74. The Kier molecular flexibility index (Phi) is 3.99. The third-order valence-electron chi connectivity index (χ3n) is 4.90. The molecule has 0 radical (unpaired) electrons. The molecule has 2 heterocycles. The fraction of sp³-hybridized carbons (Fsp3) is 0.647. The van der Waals surface area contributed by atoms with Crippen molar-refractivity contribution in [3.8, 4) is 5.75 Å². The van der Waals surface area contributed by atoms with Crippen LogP contribution in [0.2, 0.25) is 0 Å². The summed E-state index contributed by atoms with van der Waals surface area (Å²) in [5.41, 5.74) is 2.55. The Morgan fingerprint density at radius 2 is 1.95 bits per heavy atom. The highest BCUT2D eigenvalue weighted by Crippen LogP contribution is 2.31. The molecule has 1 N–H and O–H groups in total.